The molecule has 0 spiro atoms. The third-order valence-electron chi connectivity index (χ3n) is 5.60. The molecule has 0 bridgehead atoms. The van der Waals surface area contributed by atoms with Crippen LogP contribution in [0.25, 0.3) is 6.08 Å². The highest BCUT2D eigenvalue weighted by Crippen LogP contribution is 2.37. The van der Waals surface area contributed by atoms with E-state index in [1.165, 1.54) is 0 Å². The zero-order valence-electron chi connectivity index (χ0n) is 19.3. The van der Waals surface area contributed by atoms with E-state index in [-0.39, 0.29) is 23.1 Å². The van der Waals surface area contributed by atoms with Crippen molar-refractivity contribution in [2.24, 2.45) is 0 Å². The topological polar surface area (TPSA) is 81.9 Å². The first kappa shape index (κ1) is 23.6. The largest absolute Gasteiger partial charge is 0.452 e. The summed E-state index contributed by atoms with van der Waals surface area (Å²) in [5, 5.41) is 3.81. The molecule has 34 heavy (non-hydrogen) atoms. The number of halogens is 1. The number of esters is 1. The average Bonchev–Trinajstić information content (AvgIpc) is 3.37. The molecule has 0 saturated carbocycles. The Hall–Kier alpha value is -3.58. The molecule has 2 aromatic carbocycles. The van der Waals surface area contributed by atoms with Gasteiger partial charge in [0.25, 0.3) is 0 Å². The van der Waals surface area contributed by atoms with E-state index in [2.05, 4.69) is 23.9 Å². The fourth-order valence-electron chi connectivity index (χ4n) is 3.87. The van der Waals surface area contributed by atoms with Crippen LogP contribution in [0.5, 0.6) is 11.5 Å². The summed E-state index contributed by atoms with van der Waals surface area (Å²) in [6.45, 7) is 7.86. The van der Waals surface area contributed by atoms with E-state index in [0.717, 1.165) is 24.3 Å². The fourth-order valence-corrected chi connectivity index (χ4v) is 4.03. The smallest absolute Gasteiger partial charge is 0.311 e. The summed E-state index contributed by atoms with van der Waals surface area (Å²) in [4.78, 5) is 27.4. The Balaban J connectivity index is 1.46. The van der Waals surface area contributed by atoms with Gasteiger partial charge in [-0.15, -0.1) is 0 Å². The van der Waals surface area contributed by atoms with E-state index in [9.17, 15) is 9.59 Å². The molecule has 0 fully saturated rings. The van der Waals surface area contributed by atoms with E-state index in [4.69, 9.17) is 25.6 Å². The minimum absolute atomic E-state index is 0.0933. The van der Waals surface area contributed by atoms with Crippen molar-refractivity contribution in [2.45, 2.75) is 33.6 Å². The zero-order valence-corrected chi connectivity index (χ0v) is 20.0. The normalized spacial score (nSPS) is 13.6. The van der Waals surface area contributed by atoms with Crippen LogP contribution < -0.4 is 14.4 Å². The molecule has 3 aromatic rings. The summed E-state index contributed by atoms with van der Waals surface area (Å²) in [5.41, 5.74) is 3.14. The molecule has 1 aliphatic heterocycles. The van der Waals surface area contributed by atoms with E-state index < -0.39 is 5.97 Å². The summed E-state index contributed by atoms with van der Waals surface area (Å²) in [7, 11) is 0. The number of aryl methyl sites for hydroxylation is 2. The van der Waals surface area contributed by atoms with Crippen molar-refractivity contribution in [1.29, 1.82) is 0 Å². The maximum absolute atomic E-state index is 12.9. The Morgan fingerprint density at radius 2 is 1.88 bits per heavy atom. The second-order valence-electron chi connectivity index (χ2n) is 7.91. The molecule has 0 unspecified atom stereocenters. The lowest BCUT2D eigenvalue weighted by molar-refractivity contribution is -0.134. The summed E-state index contributed by atoms with van der Waals surface area (Å²) >= 11 is 5.71. The number of fused-ring (bicyclic) bond motifs is 1. The Morgan fingerprint density at radius 1 is 1.15 bits per heavy atom. The number of aromatic nitrogens is 1. The van der Waals surface area contributed by atoms with Gasteiger partial charge in [0.05, 0.1) is 12.0 Å². The molecular weight excluding hydrogens is 456 g/mol. The predicted octanol–water partition coefficient (Wildman–Crippen LogP) is 5.64. The van der Waals surface area contributed by atoms with Gasteiger partial charge in [0.1, 0.15) is 17.3 Å². The number of hydrogen-bond donors (Lipinski definition) is 0. The highest BCUT2D eigenvalue weighted by Gasteiger charge is 2.30. The number of allylic oxidation sites excluding steroid dienone is 1. The second-order valence-corrected chi connectivity index (χ2v) is 8.29. The van der Waals surface area contributed by atoms with Gasteiger partial charge >= 0.3 is 5.97 Å². The van der Waals surface area contributed by atoms with Gasteiger partial charge in [-0.05, 0) is 56.2 Å². The summed E-state index contributed by atoms with van der Waals surface area (Å²) in [5.74, 6) is 0.788. The van der Waals surface area contributed by atoms with Crippen molar-refractivity contribution in [3.8, 4) is 11.5 Å². The van der Waals surface area contributed by atoms with Crippen LogP contribution in [0.2, 0.25) is 5.15 Å². The number of ether oxygens (including phenoxy) is 2. The Bertz CT molecular complexity index is 1240. The number of benzene rings is 2. The molecule has 0 saturated heterocycles. The minimum atomic E-state index is -0.444. The van der Waals surface area contributed by atoms with Gasteiger partial charge in [-0.25, -0.2) is 0 Å². The summed E-state index contributed by atoms with van der Waals surface area (Å²) < 4.78 is 16.3. The van der Waals surface area contributed by atoms with Crippen molar-refractivity contribution >= 4 is 35.1 Å². The number of Topliss-reactive ketones (excluding diaryl/α,β-unsaturated/α-hetero) is 1. The van der Waals surface area contributed by atoms with Crippen LogP contribution in [-0.4, -0.2) is 30.0 Å². The van der Waals surface area contributed by atoms with Crippen LogP contribution >= 0.6 is 11.6 Å². The number of nitrogens with zero attached hydrogens (tertiary/aromatic N) is 2. The molecule has 1 aliphatic rings. The molecule has 176 valence electrons. The number of hydrogen-bond acceptors (Lipinski definition) is 7. The Labute approximate surface area is 202 Å². The van der Waals surface area contributed by atoms with E-state index in [1.807, 2.05) is 24.3 Å². The average molecular weight is 481 g/mol. The zero-order chi connectivity index (χ0) is 24.2. The van der Waals surface area contributed by atoms with Gasteiger partial charge in [0, 0.05) is 37.3 Å². The fraction of sp³-hybridized carbons (Fsp3) is 0.269. The van der Waals surface area contributed by atoms with Crippen LogP contribution in [0.1, 0.15) is 47.5 Å². The van der Waals surface area contributed by atoms with Crippen molar-refractivity contribution in [2.75, 3.05) is 18.0 Å². The first-order chi connectivity index (χ1) is 16.4. The molecule has 8 heteroatoms. The lowest BCUT2D eigenvalue weighted by Crippen LogP contribution is -2.21. The first-order valence-electron chi connectivity index (χ1n) is 11.1. The third-order valence-corrected chi connectivity index (χ3v) is 5.78. The lowest BCUT2D eigenvalue weighted by atomic mass is 10.0. The Morgan fingerprint density at radius 3 is 2.53 bits per heavy atom. The molecular formula is C26H25ClN2O5. The van der Waals surface area contributed by atoms with E-state index in [1.54, 1.807) is 31.2 Å². The maximum atomic E-state index is 12.9. The van der Waals surface area contributed by atoms with Crippen LogP contribution in [0, 0.1) is 6.92 Å². The van der Waals surface area contributed by atoms with Gasteiger partial charge in [-0.1, -0.05) is 28.9 Å². The Kier molecular flexibility index (Phi) is 7.03. The van der Waals surface area contributed by atoms with Crippen molar-refractivity contribution in [1.82, 2.24) is 5.16 Å². The number of anilines is 1. The molecule has 0 N–H and O–H groups in total. The van der Waals surface area contributed by atoms with Gasteiger partial charge in [-0.3, -0.25) is 9.59 Å². The van der Waals surface area contributed by atoms with E-state index >= 15 is 0 Å². The highest BCUT2D eigenvalue weighted by atomic mass is 35.5. The van der Waals surface area contributed by atoms with Crippen molar-refractivity contribution < 1.29 is 23.6 Å². The van der Waals surface area contributed by atoms with Crippen molar-refractivity contribution in [3.63, 3.8) is 0 Å². The highest BCUT2D eigenvalue weighted by molar-refractivity contribution is 6.29. The lowest BCUT2D eigenvalue weighted by Gasteiger charge is -2.20. The van der Waals surface area contributed by atoms with Gasteiger partial charge in [0.15, 0.2) is 10.9 Å². The summed E-state index contributed by atoms with van der Waals surface area (Å²) in [6, 6.07) is 12.8. The van der Waals surface area contributed by atoms with Crippen LogP contribution in [-0.2, 0) is 11.2 Å². The van der Waals surface area contributed by atoms with Crippen LogP contribution in [0.15, 0.2) is 52.7 Å². The molecule has 0 atom stereocenters. The first-order valence-corrected chi connectivity index (χ1v) is 11.5. The van der Waals surface area contributed by atoms with E-state index in [0.29, 0.717) is 34.8 Å². The number of ketones is 1. The predicted molar refractivity (Wildman–Crippen MR) is 130 cm³/mol. The molecule has 7 nitrogen and oxygen atoms in total. The number of carbonyl (C=O) groups excluding carboxylic acids is 2. The molecule has 0 radical (unpaired) electrons. The summed E-state index contributed by atoms with van der Waals surface area (Å²) in [6.07, 6.45) is 2.13. The molecule has 4 rings (SSSR count). The SMILES string of the molecule is CCN(CC)c1ccc(/C=C2\Oc3cc(OC(=O)CCc4cc(Cl)no4)cc(C)c3C2=O)cc1. The molecule has 0 aliphatic carbocycles. The minimum Gasteiger partial charge on any atom is -0.452 e. The van der Waals surface area contributed by atoms with Gasteiger partial charge in [0.2, 0.25) is 5.78 Å². The molecule has 2 heterocycles. The molecule has 0 amide bonds. The second kappa shape index (κ2) is 10.1. The maximum Gasteiger partial charge on any atom is 0.311 e. The van der Waals surface area contributed by atoms with Gasteiger partial charge in [-0.2, -0.15) is 0 Å². The number of carbonyl (C=O) groups is 2. The third kappa shape index (κ3) is 5.15. The number of rotatable bonds is 8. The van der Waals surface area contributed by atoms with Gasteiger partial charge < -0.3 is 18.9 Å². The van der Waals surface area contributed by atoms with Crippen LogP contribution in [0.3, 0.4) is 0 Å². The monoisotopic (exact) mass is 480 g/mol. The quantitative estimate of drug-likeness (QED) is 0.234. The molecule has 1 aromatic heterocycles. The van der Waals surface area contributed by atoms with Crippen LogP contribution in [0.4, 0.5) is 5.69 Å². The standard InChI is InChI=1S/C26H25ClN2O5/c1-4-29(5-2)18-8-6-17(7-9-18)13-22-26(31)25-16(3)12-20(14-21(25)33-22)32-24(30)11-10-19-15-23(27)28-34-19/h6-9,12-15H,4-5,10-11H2,1-3H3/b22-13-. The van der Waals surface area contributed by atoms with Crippen molar-refractivity contribution in [3.05, 3.63) is 75.8 Å².